The summed E-state index contributed by atoms with van der Waals surface area (Å²) >= 11 is 11.8. The molecule has 7 nitrogen and oxygen atoms in total. The van der Waals surface area contributed by atoms with Gasteiger partial charge in [-0.1, -0.05) is 35.3 Å². The molecule has 2 aromatic rings. The van der Waals surface area contributed by atoms with Gasteiger partial charge >= 0.3 is 0 Å². The largest absolute Gasteiger partial charge is 0.508 e. The van der Waals surface area contributed by atoms with Crippen molar-refractivity contribution in [2.75, 3.05) is 0 Å². The lowest BCUT2D eigenvalue weighted by Gasteiger charge is -2.03. The number of nitro groups is 1. The third-order valence-electron chi connectivity index (χ3n) is 2.96. The van der Waals surface area contributed by atoms with Gasteiger partial charge in [0.05, 0.1) is 22.6 Å². The van der Waals surface area contributed by atoms with Crippen molar-refractivity contribution < 1.29 is 14.8 Å². The highest BCUT2D eigenvalue weighted by atomic mass is 35.5. The van der Waals surface area contributed by atoms with Gasteiger partial charge in [0.2, 0.25) is 5.91 Å². The average Bonchev–Trinajstić information content (AvgIpc) is 2.50. The molecule has 2 aromatic carbocycles. The number of hydrogen-bond donors (Lipinski definition) is 2. The highest BCUT2D eigenvalue weighted by Gasteiger charge is 2.17. The van der Waals surface area contributed by atoms with Crippen LogP contribution < -0.4 is 5.43 Å². The minimum absolute atomic E-state index is 0.00212. The van der Waals surface area contributed by atoms with Crippen molar-refractivity contribution in [3.63, 3.8) is 0 Å². The number of phenolic OH excluding ortho intramolecular Hbond substituents is 1. The van der Waals surface area contributed by atoms with E-state index in [0.29, 0.717) is 5.56 Å². The second-order valence-electron chi connectivity index (χ2n) is 4.69. The Morgan fingerprint density at radius 3 is 2.75 bits per heavy atom. The highest BCUT2D eigenvalue weighted by Crippen LogP contribution is 2.31. The Bertz CT molecular complexity index is 824. The van der Waals surface area contributed by atoms with Gasteiger partial charge in [0.15, 0.2) is 0 Å². The maximum Gasteiger partial charge on any atom is 0.288 e. The Morgan fingerprint density at radius 2 is 2.08 bits per heavy atom. The minimum Gasteiger partial charge on any atom is -0.508 e. The molecule has 0 bridgehead atoms. The van der Waals surface area contributed by atoms with Gasteiger partial charge in [-0.3, -0.25) is 14.9 Å². The molecule has 9 heteroatoms. The SMILES string of the molecule is O=C(Cc1cccc(O)c1)NN=Cc1c(Cl)ccc([N+](=O)[O-])c1Cl. The van der Waals surface area contributed by atoms with Crippen LogP contribution in [0.2, 0.25) is 10.0 Å². The molecule has 1 amide bonds. The van der Waals surface area contributed by atoms with Crippen LogP contribution in [0.5, 0.6) is 5.75 Å². The number of nitrogens with one attached hydrogen (secondary N) is 1. The smallest absolute Gasteiger partial charge is 0.288 e. The lowest BCUT2D eigenvalue weighted by molar-refractivity contribution is -0.384. The first-order valence-corrected chi connectivity index (χ1v) is 7.36. The lowest BCUT2D eigenvalue weighted by atomic mass is 10.1. The molecule has 0 aromatic heterocycles. The summed E-state index contributed by atoms with van der Waals surface area (Å²) in [5.41, 5.74) is 2.69. The molecule has 0 spiro atoms. The fourth-order valence-corrected chi connectivity index (χ4v) is 2.41. The summed E-state index contributed by atoms with van der Waals surface area (Å²) in [6.07, 6.45) is 1.14. The van der Waals surface area contributed by atoms with E-state index in [4.69, 9.17) is 23.2 Å². The quantitative estimate of drug-likeness (QED) is 0.480. The van der Waals surface area contributed by atoms with Crippen LogP contribution in [0, 0.1) is 10.1 Å². The summed E-state index contributed by atoms with van der Waals surface area (Å²) in [7, 11) is 0. The van der Waals surface area contributed by atoms with Crippen LogP contribution in [0.4, 0.5) is 5.69 Å². The number of hydrazone groups is 1. The van der Waals surface area contributed by atoms with Crippen LogP contribution in [0.15, 0.2) is 41.5 Å². The average molecular weight is 368 g/mol. The second kappa shape index (κ2) is 7.76. The lowest BCUT2D eigenvalue weighted by Crippen LogP contribution is -2.19. The summed E-state index contributed by atoms with van der Waals surface area (Å²) in [6.45, 7) is 0. The number of carbonyl (C=O) groups excluding carboxylic acids is 1. The topological polar surface area (TPSA) is 105 Å². The van der Waals surface area contributed by atoms with Crippen molar-refractivity contribution in [1.29, 1.82) is 0 Å². The van der Waals surface area contributed by atoms with Gasteiger partial charge in [-0.15, -0.1) is 0 Å². The number of amides is 1. The summed E-state index contributed by atoms with van der Waals surface area (Å²) in [5, 5.41) is 23.9. The van der Waals surface area contributed by atoms with Crippen LogP contribution in [0.25, 0.3) is 0 Å². The molecular weight excluding hydrogens is 357 g/mol. The van der Waals surface area contributed by atoms with Gasteiger partial charge in [-0.25, -0.2) is 5.43 Å². The number of nitrogens with zero attached hydrogens (tertiary/aromatic N) is 2. The molecule has 2 N–H and O–H groups in total. The van der Waals surface area contributed by atoms with E-state index in [1.807, 2.05) is 0 Å². The zero-order chi connectivity index (χ0) is 17.7. The Hall–Kier alpha value is -2.64. The van der Waals surface area contributed by atoms with E-state index >= 15 is 0 Å². The zero-order valence-electron chi connectivity index (χ0n) is 12.1. The summed E-state index contributed by atoms with van der Waals surface area (Å²) < 4.78 is 0. The number of hydrogen-bond acceptors (Lipinski definition) is 5. The number of rotatable bonds is 5. The molecule has 0 radical (unpaired) electrons. The number of aromatic hydroxyl groups is 1. The van der Waals surface area contributed by atoms with Crippen molar-refractivity contribution >= 4 is 41.0 Å². The Kier molecular flexibility index (Phi) is 5.73. The van der Waals surface area contributed by atoms with Crippen LogP contribution in [-0.4, -0.2) is 22.2 Å². The first kappa shape index (κ1) is 17.7. The fraction of sp³-hybridized carbons (Fsp3) is 0.0667. The molecule has 0 atom stereocenters. The Morgan fingerprint density at radius 1 is 1.33 bits per heavy atom. The van der Waals surface area contributed by atoms with E-state index < -0.39 is 10.8 Å². The number of carbonyl (C=O) groups is 1. The maximum absolute atomic E-state index is 11.8. The normalized spacial score (nSPS) is 10.8. The molecule has 0 heterocycles. The van der Waals surface area contributed by atoms with Crippen molar-refractivity contribution in [2.24, 2.45) is 5.10 Å². The van der Waals surface area contributed by atoms with Gasteiger partial charge in [0.1, 0.15) is 10.8 Å². The van der Waals surface area contributed by atoms with Crippen molar-refractivity contribution in [1.82, 2.24) is 5.43 Å². The summed E-state index contributed by atoms with van der Waals surface area (Å²) in [4.78, 5) is 22.0. The van der Waals surface area contributed by atoms with Crippen LogP contribution in [0.3, 0.4) is 0 Å². The molecule has 0 aliphatic rings. The maximum atomic E-state index is 11.8. The first-order valence-electron chi connectivity index (χ1n) is 6.60. The summed E-state index contributed by atoms with van der Waals surface area (Å²) in [5.74, 6) is -0.381. The van der Waals surface area contributed by atoms with E-state index in [-0.39, 0.29) is 33.5 Å². The van der Waals surface area contributed by atoms with Crippen LogP contribution in [0.1, 0.15) is 11.1 Å². The first-order chi connectivity index (χ1) is 11.4. The molecule has 24 heavy (non-hydrogen) atoms. The van der Waals surface area contributed by atoms with E-state index in [2.05, 4.69) is 10.5 Å². The number of phenols is 1. The molecular formula is C15H11Cl2N3O4. The van der Waals surface area contributed by atoms with Gasteiger partial charge in [-0.2, -0.15) is 5.10 Å². The third-order valence-corrected chi connectivity index (χ3v) is 3.69. The third kappa shape index (κ3) is 4.43. The van der Waals surface area contributed by atoms with E-state index in [1.165, 1.54) is 24.3 Å². The van der Waals surface area contributed by atoms with Gasteiger partial charge < -0.3 is 5.11 Å². The van der Waals surface area contributed by atoms with Crippen LogP contribution >= 0.6 is 23.2 Å². The standard InChI is InChI=1S/C15H11Cl2N3O4/c16-12-4-5-13(20(23)24)15(17)11(12)8-18-19-14(22)7-9-2-1-3-10(21)6-9/h1-6,8,21H,7H2,(H,19,22). The van der Waals surface area contributed by atoms with Crippen molar-refractivity contribution in [3.8, 4) is 5.75 Å². The predicted molar refractivity (Wildman–Crippen MR) is 90.7 cm³/mol. The second-order valence-corrected chi connectivity index (χ2v) is 5.48. The summed E-state index contributed by atoms with van der Waals surface area (Å²) in [6, 6.07) is 8.74. The van der Waals surface area contributed by atoms with E-state index in [9.17, 15) is 20.0 Å². The van der Waals surface area contributed by atoms with Crippen LogP contribution in [-0.2, 0) is 11.2 Å². The monoisotopic (exact) mass is 367 g/mol. The van der Waals surface area contributed by atoms with E-state index in [1.54, 1.807) is 12.1 Å². The molecule has 0 aliphatic heterocycles. The minimum atomic E-state index is -0.642. The van der Waals surface area contributed by atoms with Crippen molar-refractivity contribution in [2.45, 2.75) is 6.42 Å². The molecule has 0 saturated heterocycles. The Labute approximate surface area is 146 Å². The number of halogens is 2. The molecule has 0 aliphatic carbocycles. The predicted octanol–water partition coefficient (Wildman–Crippen LogP) is 3.30. The highest BCUT2D eigenvalue weighted by molar-refractivity contribution is 6.40. The molecule has 0 fully saturated rings. The van der Waals surface area contributed by atoms with Gasteiger partial charge in [0, 0.05) is 11.6 Å². The fourth-order valence-electron chi connectivity index (χ4n) is 1.88. The van der Waals surface area contributed by atoms with Crippen molar-refractivity contribution in [3.05, 3.63) is 67.7 Å². The zero-order valence-corrected chi connectivity index (χ0v) is 13.6. The molecule has 0 unspecified atom stereocenters. The number of benzene rings is 2. The molecule has 2 rings (SSSR count). The van der Waals surface area contributed by atoms with Gasteiger partial charge in [0.25, 0.3) is 5.69 Å². The molecule has 124 valence electrons. The Balaban J connectivity index is 2.07. The molecule has 0 saturated carbocycles. The van der Waals surface area contributed by atoms with E-state index in [0.717, 1.165) is 6.21 Å². The number of nitro benzene ring substituents is 1. The van der Waals surface area contributed by atoms with Gasteiger partial charge in [-0.05, 0) is 23.8 Å².